The Hall–Kier alpha value is -2.48. The monoisotopic (exact) mass is 461 g/mol. The largest absolute Gasteiger partial charge is 0.356 e. The minimum absolute atomic E-state index is 0.146. The molecule has 0 heterocycles. The van der Waals surface area contributed by atoms with Gasteiger partial charge in [-0.2, -0.15) is 0 Å². The minimum atomic E-state index is -1.79. The van der Waals surface area contributed by atoms with Gasteiger partial charge in [-0.15, -0.1) is 0 Å². The van der Waals surface area contributed by atoms with Gasteiger partial charge >= 0.3 is 0 Å². The number of nitrogens with one attached hydrogen (secondary N) is 2. The summed E-state index contributed by atoms with van der Waals surface area (Å²) in [4.78, 5) is 12.7. The van der Waals surface area contributed by atoms with Crippen LogP contribution in [0.15, 0.2) is 91.0 Å². The SMILES string of the molecule is CNCCC(C)(C)C(=O)NCCCC[P+](c1ccccc1)(c1ccccc1)c1ccccc1. The van der Waals surface area contributed by atoms with Gasteiger partial charge in [-0.3, -0.25) is 4.79 Å². The van der Waals surface area contributed by atoms with Crippen molar-refractivity contribution in [2.45, 2.75) is 33.1 Å². The molecule has 3 rings (SSSR count). The number of benzene rings is 3. The fourth-order valence-electron chi connectivity index (χ4n) is 4.35. The van der Waals surface area contributed by atoms with Crippen molar-refractivity contribution < 1.29 is 4.79 Å². The molecular weight excluding hydrogens is 423 g/mol. The topological polar surface area (TPSA) is 41.1 Å². The molecule has 33 heavy (non-hydrogen) atoms. The quantitative estimate of drug-likeness (QED) is 0.308. The van der Waals surface area contributed by atoms with Crippen molar-refractivity contribution >= 4 is 29.1 Å². The van der Waals surface area contributed by atoms with Crippen LogP contribution in [0, 0.1) is 5.41 Å². The molecule has 2 N–H and O–H groups in total. The van der Waals surface area contributed by atoms with Gasteiger partial charge in [-0.05, 0) is 69.3 Å². The van der Waals surface area contributed by atoms with Crippen LogP contribution in [-0.4, -0.2) is 32.2 Å². The molecule has 0 bridgehead atoms. The molecule has 0 aliphatic heterocycles. The third-order valence-corrected chi connectivity index (χ3v) is 10.9. The van der Waals surface area contributed by atoms with E-state index in [9.17, 15) is 4.79 Å². The molecule has 0 saturated heterocycles. The standard InChI is InChI=1S/C29H37N2OP/c1-29(2,21-23-30-3)28(32)31-22-13-14-24-33(25-15-7-4-8-16-25,26-17-9-5-10-18-26)27-19-11-6-12-20-27/h4-12,15-20,30H,13-14,21-24H2,1-3H3/p+1. The smallest absolute Gasteiger partial charge is 0.225 e. The number of hydrogen-bond donors (Lipinski definition) is 2. The number of rotatable bonds is 12. The van der Waals surface area contributed by atoms with Gasteiger partial charge in [-0.25, -0.2) is 0 Å². The summed E-state index contributed by atoms with van der Waals surface area (Å²) in [5, 5.41) is 10.6. The second kappa shape index (κ2) is 12.1. The summed E-state index contributed by atoms with van der Waals surface area (Å²) in [5.74, 6) is 0.146. The molecule has 0 fully saturated rings. The fourth-order valence-corrected chi connectivity index (χ4v) is 8.76. The van der Waals surface area contributed by atoms with Crippen LogP contribution in [-0.2, 0) is 4.79 Å². The Labute approximate surface area is 200 Å². The maximum absolute atomic E-state index is 12.7. The molecule has 0 saturated carbocycles. The highest BCUT2D eigenvalue weighted by Gasteiger charge is 2.44. The van der Waals surface area contributed by atoms with Crippen molar-refractivity contribution in [1.29, 1.82) is 0 Å². The van der Waals surface area contributed by atoms with Crippen LogP contribution in [0.1, 0.15) is 33.1 Å². The Morgan fingerprint density at radius 2 is 1.18 bits per heavy atom. The predicted molar refractivity (Wildman–Crippen MR) is 145 cm³/mol. The van der Waals surface area contributed by atoms with Crippen molar-refractivity contribution in [3.05, 3.63) is 91.0 Å². The maximum atomic E-state index is 12.7. The highest BCUT2D eigenvalue weighted by Crippen LogP contribution is 2.55. The van der Waals surface area contributed by atoms with Crippen LogP contribution in [0.25, 0.3) is 0 Å². The van der Waals surface area contributed by atoms with E-state index in [0.29, 0.717) is 0 Å². The van der Waals surface area contributed by atoms with Gasteiger partial charge in [0.25, 0.3) is 0 Å². The Morgan fingerprint density at radius 1 is 0.727 bits per heavy atom. The lowest BCUT2D eigenvalue weighted by Crippen LogP contribution is -2.39. The van der Waals surface area contributed by atoms with E-state index in [1.165, 1.54) is 15.9 Å². The Bertz CT molecular complexity index is 878. The third kappa shape index (κ3) is 6.31. The van der Waals surface area contributed by atoms with Crippen molar-refractivity contribution in [3.63, 3.8) is 0 Å². The zero-order chi connectivity index (χ0) is 23.6. The Kier molecular flexibility index (Phi) is 9.23. The lowest BCUT2D eigenvalue weighted by molar-refractivity contribution is -0.129. The second-order valence-corrected chi connectivity index (χ2v) is 12.9. The van der Waals surface area contributed by atoms with E-state index in [1.807, 2.05) is 20.9 Å². The first-order valence-corrected chi connectivity index (χ1v) is 14.0. The summed E-state index contributed by atoms with van der Waals surface area (Å²) < 4.78 is 0. The van der Waals surface area contributed by atoms with E-state index in [4.69, 9.17) is 0 Å². The lowest BCUT2D eigenvalue weighted by atomic mass is 9.88. The summed E-state index contributed by atoms with van der Waals surface area (Å²) >= 11 is 0. The third-order valence-electron chi connectivity index (χ3n) is 6.41. The van der Waals surface area contributed by atoms with Crippen LogP contribution in [0.4, 0.5) is 0 Å². The molecule has 0 aliphatic rings. The van der Waals surface area contributed by atoms with E-state index in [0.717, 1.165) is 38.5 Å². The summed E-state index contributed by atoms with van der Waals surface area (Å²) in [6.45, 7) is 5.62. The molecule has 3 nitrogen and oxygen atoms in total. The van der Waals surface area contributed by atoms with Gasteiger partial charge in [0.15, 0.2) is 0 Å². The summed E-state index contributed by atoms with van der Waals surface area (Å²) in [6.07, 6.45) is 3.95. The van der Waals surface area contributed by atoms with Crippen LogP contribution in [0.2, 0.25) is 0 Å². The van der Waals surface area contributed by atoms with Crippen molar-refractivity contribution in [3.8, 4) is 0 Å². The number of hydrogen-bond acceptors (Lipinski definition) is 2. The molecule has 3 aromatic rings. The van der Waals surface area contributed by atoms with Crippen molar-refractivity contribution in [2.24, 2.45) is 5.41 Å². The molecule has 0 spiro atoms. The molecule has 0 radical (unpaired) electrons. The first kappa shape index (κ1) is 25.1. The number of unbranched alkanes of at least 4 members (excludes halogenated alkanes) is 1. The molecule has 0 atom stereocenters. The average Bonchev–Trinajstić information content (AvgIpc) is 2.86. The molecule has 0 aliphatic carbocycles. The van der Waals surface area contributed by atoms with Gasteiger partial charge in [0.2, 0.25) is 5.91 Å². The summed E-state index contributed by atoms with van der Waals surface area (Å²) in [5.41, 5.74) is -0.349. The lowest BCUT2D eigenvalue weighted by Gasteiger charge is -2.28. The average molecular weight is 462 g/mol. The first-order valence-electron chi connectivity index (χ1n) is 12.0. The number of carbonyl (C=O) groups excluding carboxylic acids is 1. The Morgan fingerprint density at radius 3 is 1.61 bits per heavy atom. The van der Waals surface area contributed by atoms with Crippen molar-refractivity contribution in [2.75, 3.05) is 26.3 Å². The van der Waals surface area contributed by atoms with Crippen molar-refractivity contribution in [1.82, 2.24) is 10.6 Å². The van der Waals surface area contributed by atoms with E-state index in [1.54, 1.807) is 0 Å². The molecule has 0 unspecified atom stereocenters. The van der Waals surface area contributed by atoms with Crippen LogP contribution >= 0.6 is 7.26 Å². The van der Waals surface area contributed by atoms with Gasteiger partial charge < -0.3 is 10.6 Å². The number of amides is 1. The van der Waals surface area contributed by atoms with Crippen LogP contribution in [0.5, 0.6) is 0 Å². The van der Waals surface area contributed by atoms with Gasteiger partial charge in [0.05, 0.1) is 6.16 Å². The normalized spacial score (nSPS) is 11.8. The van der Waals surface area contributed by atoms with Gasteiger partial charge in [0.1, 0.15) is 23.2 Å². The zero-order valence-corrected chi connectivity index (χ0v) is 21.2. The molecule has 174 valence electrons. The van der Waals surface area contributed by atoms with Crippen LogP contribution < -0.4 is 26.5 Å². The van der Waals surface area contributed by atoms with E-state index >= 15 is 0 Å². The molecule has 0 aromatic heterocycles. The zero-order valence-electron chi connectivity index (χ0n) is 20.3. The Balaban J connectivity index is 1.78. The summed E-state index contributed by atoms with van der Waals surface area (Å²) in [7, 11) is 0.141. The van der Waals surface area contributed by atoms with Gasteiger partial charge in [-0.1, -0.05) is 68.4 Å². The molecule has 4 heteroatoms. The number of carbonyl (C=O) groups is 1. The molecule has 1 amide bonds. The first-order chi connectivity index (χ1) is 16.0. The minimum Gasteiger partial charge on any atom is -0.356 e. The van der Waals surface area contributed by atoms with E-state index in [2.05, 4.69) is 102 Å². The molecular formula is C29H38N2OP+. The predicted octanol–water partition coefficient (Wildman–Crippen LogP) is 4.51. The highest BCUT2D eigenvalue weighted by atomic mass is 31.2. The van der Waals surface area contributed by atoms with Crippen LogP contribution in [0.3, 0.4) is 0 Å². The molecule has 3 aromatic carbocycles. The second-order valence-electron chi connectivity index (χ2n) is 9.24. The summed E-state index contributed by atoms with van der Waals surface area (Å²) in [6, 6.07) is 33.0. The highest BCUT2D eigenvalue weighted by molar-refractivity contribution is 7.95. The fraction of sp³-hybridized carbons (Fsp3) is 0.345. The maximum Gasteiger partial charge on any atom is 0.225 e. The van der Waals surface area contributed by atoms with E-state index in [-0.39, 0.29) is 11.3 Å². The van der Waals surface area contributed by atoms with Gasteiger partial charge in [0, 0.05) is 12.0 Å². The van der Waals surface area contributed by atoms with E-state index < -0.39 is 7.26 Å².